The Hall–Kier alpha value is -2.32. The molecule has 1 aromatic heterocycles. The van der Waals surface area contributed by atoms with E-state index in [1.807, 2.05) is 12.1 Å². The summed E-state index contributed by atoms with van der Waals surface area (Å²) in [6, 6.07) is 7.19. The summed E-state index contributed by atoms with van der Waals surface area (Å²) in [5.74, 6) is 0. The Kier molecular flexibility index (Phi) is 4.53. The summed E-state index contributed by atoms with van der Waals surface area (Å²) in [5.41, 5.74) is 8.28. The highest BCUT2D eigenvalue weighted by atomic mass is 32.2. The lowest BCUT2D eigenvalue weighted by Gasteiger charge is -2.11. The molecule has 118 valence electrons. The second kappa shape index (κ2) is 6.20. The molecule has 0 saturated heterocycles. The zero-order valence-corrected chi connectivity index (χ0v) is 13.4. The van der Waals surface area contributed by atoms with Crippen molar-refractivity contribution in [3.63, 3.8) is 0 Å². The van der Waals surface area contributed by atoms with Crippen molar-refractivity contribution in [2.75, 3.05) is 26.9 Å². The summed E-state index contributed by atoms with van der Waals surface area (Å²) < 4.78 is 31.4. The van der Waals surface area contributed by atoms with E-state index >= 15 is 0 Å². The van der Waals surface area contributed by atoms with E-state index in [0.29, 0.717) is 17.0 Å². The molecule has 0 unspecified atom stereocenters. The smallest absolute Gasteiger partial charge is 0.308 e. The minimum Gasteiger partial charge on any atom is -0.504 e. The number of imidazole rings is 1. The number of benzene rings is 1. The predicted molar refractivity (Wildman–Crippen MR) is 85.2 cm³/mol. The van der Waals surface area contributed by atoms with Crippen molar-refractivity contribution in [2.24, 2.45) is 0 Å². The normalized spacial score (nSPS) is 12.6. The number of hydrogen-bond donors (Lipinski definition) is 1. The van der Waals surface area contributed by atoms with Crippen LogP contribution in [0.25, 0.3) is 5.57 Å². The molecule has 0 atom stereocenters. The van der Waals surface area contributed by atoms with E-state index in [1.165, 1.54) is 40.0 Å². The number of anilines is 1. The van der Waals surface area contributed by atoms with Crippen molar-refractivity contribution < 1.29 is 13.2 Å². The van der Waals surface area contributed by atoms with Crippen LogP contribution in [0.3, 0.4) is 0 Å². The summed E-state index contributed by atoms with van der Waals surface area (Å²) in [5, 5.41) is 0. The van der Waals surface area contributed by atoms with Gasteiger partial charge in [0.1, 0.15) is 6.33 Å². The Labute approximate surface area is 129 Å². The Morgan fingerprint density at radius 3 is 2.73 bits per heavy atom. The van der Waals surface area contributed by atoms with Crippen LogP contribution in [0, 0.1) is 0 Å². The summed E-state index contributed by atoms with van der Waals surface area (Å²) >= 11 is 0. The van der Waals surface area contributed by atoms with Crippen molar-refractivity contribution >= 4 is 21.5 Å². The van der Waals surface area contributed by atoms with Crippen molar-refractivity contribution in [1.82, 2.24) is 13.3 Å². The van der Waals surface area contributed by atoms with E-state index < -0.39 is 10.2 Å². The van der Waals surface area contributed by atoms with Crippen molar-refractivity contribution in [1.29, 1.82) is 0 Å². The van der Waals surface area contributed by atoms with Crippen molar-refractivity contribution in [2.45, 2.75) is 0 Å². The highest BCUT2D eigenvalue weighted by molar-refractivity contribution is 7.87. The fourth-order valence-corrected chi connectivity index (χ4v) is 2.64. The molecule has 7 nitrogen and oxygen atoms in total. The third kappa shape index (κ3) is 3.12. The number of ether oxygens (including phenoxy) is 1. The van der Waals surface area contributed by atoms with Gasteiger partial charge in [0.25, 0.3) is 0 Å². The van der Waals surface area contributed by atoms with Gasteiger partial charge in [0, 0.05) is 31.6 Å². The number of aromatic nitrogens is 2. The van der Waals surface area contributed by atoms with Gasteiger partial charge in [-0.1, -0.05) is 12.1 Å². The molecule has 1 aromatic carbocycles. The lowest BCUT2D eigenvalue weighted by atomic mass is 10.0. The van der Waals surface area contributed by atoms with Gasteiger partial charge in [0.15, 0.2) is 0 Å². The largest absolute Gasteiger partial charge is 0.504 e. The number of rotatable bonds is 5. The van der Waals surface area contributed by atoms with Gasteiger partial charge in [-0.05, 0) is 17.7 Å². The maximum absolute atomic E-state index is 12.1. The second-order valence-corrected chi connectivity index (χ2v) is 6.82. The van der Waals surface area contributed by atoms with Crippen molar-refractivity contribution in [3.8, 4) is 0 Å². The van der Waals surface area contributed by atoms with Crippen LogP contribution in [0.5, 0.6) is 0 Å². The maximum Gasteiger partial charge on any atom is 0.308 e. The van der Waals surface area contributed by atoms with Gasteiger partial charge in [-0.2, -0.15) is 12.7 Å². The molecule has 1 heterocycles. The minimum absolute atomic E-state index is 0.470. The molecule has 0 aliphatic carbocycles. The predicted octanol–water partition coefficient (Wildman–Crippen LogP) is 1.16. The van der Waals surface area contributed by atoms with E-state index in [9.17, 15) is 8.42 Å². The van der Waals surface area contributed by atoms with Gasteiger partial charge < -0.3 is 10.5 Å². The Morgan fingerprint density at radius 1 is 1.41 bits per heavy atom. The molecule has 0 bridgehead atoms. The molecule has 0 aliphatic heterocycles. The SMILES string of the molecule is CO/C=C(\c1cccc(N)c1)c1cn(S(=O)(=O)N(C)C)cn1. The molecular formula is C14H18N4O3S. The Balaban J connectivity index is 2.49. The number of hydrogen-bond acceptors (Lipinski definition) is 5. The molecule has 8 heteroatoms. The quantitative estimate of drug-likeness (QED) is 0.659. The lowest BCUT2D eigenvalue weighted by Crippen LogP contribution is -2.27. The van der Waals surface area contributed by atoms with Gasteiger partial charge in [-0.15, -0.1) is 0 Å². The van der Waals surface area contributed by atoms with Crippen LogP contribution in [0.1, 0.15) is 11.3 Å². The van der Waals surface area contributed by atoms with Crippen LogP contribution in [0.15, 0.2) is 43.1 Å². The molecule has 2 rings (SSSR count). The van der Waals surface area contributed by atoms with E-state index in [0.717, 1.165) is 13.8 Å². The average molecular weight is 322 g/mol. The summed E-state index contributed by atoms with van der Waals surface area (Å²) in [4.78, 5) is 4.16. The van der Waals surface area contributed by atoms with Crippen molar-refractivity contribution in [3.05, 3.63) is 54.3 Å². The summed E-state index contributed by atoms with van der Waals surface area (Å²) in [6.45, 7) is 0. The number of nitrogens with zero attached hydrogens (tertiary/aromatic N) is 3. The van der Waals surface area contributed by atoms with E-state index in [-0.39, 0.29) is 0 Å². The maximum atomic E-state index is 12.1. The third-order valence-electron chi connectivity index (χ3n) is 3.00. The van der Waals surface area contributed by atoms with Crippen LogP contribution in [0.2, 0.25) is 0 Å². The summed E-state index contributed by atoms with van der Waals surface area (Å²) in [6.07, 6.45) is 4.19. The molecule has 22 heavy (non-hydrogen) atoms. The molecule has 0 spiro atoms. The molecule has 2 N–H and O–H groups in total. The van der Waals surface area contributed by atoms with Gasteiger partial charge in [-0.25, -0.2) is 8.96 Å². The highest BCUT2D eigenvalue weighted by Gasteiger charge is 2.18. The first-order valence-electron chi connectivity index (χ1n) is 6.42. The van der Waals surface area contributed by atoms with E-state index in [4.69, 9.17) is 10.5 Å². The average Bonchev–Trinajstić information content (AvgIpc) is 2.94. The van der Waals surface area contributed by atoms with Gasteiger partial charge in [0.05, 0.1) is 19.1 Å². The molecule has 0 fully saturated rings. The minimum atomic E-state index is -3.60. The monoisotopic (exact) mass is 322 g/mol. The van der Waals surface area contributed by atoms with Gasteiger partial charge >= 0.3 is 10.2 Å². The summed E-state index contributed by atoms with van der Waals surface area (Å²) in [7, 11) is 0.828. The molecule has 0 aliphatic rings. The Morgan fingerprint density at radius 2 is 2.14 bits per heavy atom. The van der Waals surface area contributed by atoms with Crippen LogP contribution < -0.4 is 5.73 Å². The molecule has 0 saturated carbocycles. The fourth-order valence-electron chi connectivity index (χ4n) is 1.86. The lowest BCUT2D eigenvalue weighted by molar-refractivity contribution is 0.340. The van der Waals surface area contributed by atoms with E-state index in [1.54, 1.807) is 12.1 Å². The van der Waals surface area contributed by atoms with Gasteiger partial charge in [-0.3, -0.25) is 0 Å². The molecule has 2 aromatic rings. The standard InChI is InChI=1S/C14H18N4O3S/c1-17(2)22(19,20)18-8-14(16-10-18)13(9-21-3)11-5-4-6-12(15)7-11/h4-10H,15H2,1-3H3/b13-9+. The number of nitrogen functional groups attached to an aromatic ring is 1. The third-order valence-corrected chi connectivity index (χ3v) is 4.65. The van der Waals surface area contributed by atoms with Crippen LogP contribution in [0.4, 0.5) is 5.69 Å². The van der Waals surface area contributed by atoms with Gasteiger partial charge in [0.2, 0.25) is 0 Å². The second-order valence-electron chi connectivity index (χ2n) is 4.77. The number of nitrogens with two attached hydrogens (primary N) is 1. The topological polar surface area (TPSA) is 90.4 Å². The number of methoxy groups -OCH3 is 1. The van der Waals surface area contributed by atoms with Crippen LogP contribution >= 0.6 is 0 Å². The first-order valence-corrected chi connectivity index (χ1v) is 7.82. The molecule has 0 amide bonds. The zero-order chi connectivity index (χ0) is 16.3. The van der Waals surface area contributed by atoms with Crippen LogP contribution in [-0.4, -0.2) is 42.9 Å². The first-order chi connectivity index (χ1) is 10.4. The first kappa shape index (κ1) is 16.1. The van der Waals surface area contributed by atoms with Crippen LogP contribution in [-0.2, 0) is 14.9 Å². The molecular weight excluding hydrogens is 304 g/mol. The Bertz CT molecular complexity index is 794. The highest BCUT2D eigenvalue weighted by Crippen LogP contribution is 2.24. The van der Waals surface area contributed by atoms with E-state index in [2.05, 4.69) is 4.98 Å². The molecule has 0 radical (unpaired) electrons. The fraction of sp³-hybridized carbons (Fsp3) is 0.214. The zero-order valence-electron chi connectivity index (χ0n) is 12.6.